The molecule has 7 aromatic rings. The maximum Gasteiger partial charge on any atom is 0.200 e. The number of hydrogen-bond acceptors (Lipinski definition) is 20. The molecule has 4 nitrogen and oxygen atoms in total. The first-order valence-corrected chi connectivity index (χ1v) is 50.1. The topological polar surface area (TPSA) is 57.4 Å². The Bertz CT molecular complexity index is 6020. The molecule has 3 aromatic heterocycles. The van der Waals surface area contributed by atoms with Crippen LogP contribution in [0.3, 0.4) is 0 Å². The maximum absolute atomic E-state index is 18.1. The van der Waals surface area contributed by atoms with Gasteiger partial charge in [0.25, 0.3) is 0 Å². The lowest BCUT2D eigenvalue weighted by atomic mass is 10.0. The van der Waals surface area contributed by atoms with E-state index in [4.69, 9.17) is 9.97 Å². The number of hydrogen-bond donors (Lipinski definition) is 2. The zero-order valence-electron chi connectivity index (χ0n) is 59.4. The van der Waals surface area contributed by atoms with E-state index in [9.17, 15) is 0 Å². The van der Waals surface area contributed by atoms with Gasteiger partial charge in [0.15, 0.2) is 93.1 Å². The van der Waals surface area contributed by atoms with E-state index < -0.39 is 223 Å². The molecule has 116 heavy (non-hydrogen) atoms. The van der Waals surface area contributed by atoms with Gasteiger partial charge in [-0.15, -0.1) is 116 Å². The minimum Gasteiger partial charge on any atom is -0.354 e. The first-order valence-electron chi connectivity index (χ1n) is 34.4. The monoisotopic (exact) mass is 1950 g/mol. The number of H-pyrrole nitrogens is 2. The van der Waals surface area contributed by atoms with E-state index in [1.807, 2.05) is 41.5 Å². The van der Waals surface area contributed by atoms with E-state index in [2.05, 4.69) is 9.97 Å². The summed E-state index contributed by atoms with van der Waals surface area (Å²) in [7, 11) is 0. The highest BCUT2D eigenvalue weighted by atomic mass is 32.3. The van der Waals surface area contributed by atoms with E-state index in [1.54, 1.807) is 0 Å². The summed E-state index contributed by atoms with van der Waals surface area (Å²) in [5.41, 5.74) is -19.5. The minimum absolute atomic E-state index is 0.189. The molecule has 0 saturated heterocycles. The van der Waals surface area contributed by atoms with Gasteiger partial charge in [-0.2, -0.15) is 0 Å². The van der Waals surface area contributed by atoms with Gasteiger partial charge in [-0.05, 0) is 85.2 Å². The molecule has 11 heterocycles. The Hall–Kier alpha value is -3.70. The van der Waals surface area contributed by atoms with Gasteiger partial charge in [0.05, 0.1) is 126 Å². The number of aromatic amines is 2. The van der Waals surface area contributed by atoms with Crippen molar-refractivity contribution < 1.29 is 87.8 Å². The molecular formula is C74H46F20N4S18. The van der Waals surface area contributed by atoms with Gasteiger partial charge < -0.3 is 9.97 Å². The van der Waals surface area contributed by atoms with Gasteiger partial charge in [-0.3, -0.25) is 0 Å². The number of fused-ring (bicyclic) bond motifs is 15. The molecular weight excluding hydrogens is 1900 g/mol. The summed E-state index contributed by atoms with van der Waals surface area (Å²) in [6.45, 7) is 11.6. The minimum atomic E-state index is -2.71. The molecule has 0 spiro atoms. The average molecular weight is 1950 g/mol. The van der Waals surface area contributed by atoms with Gasteiger partial charge in [0.2, 0.25) is 23.3 Å². The third kappa shape index (κ3) is 15.3. The fourth-order valence-corrected chi connectivity index (χ4v) is 38.1. The molecule has 4 aromatic carbocycles. The summed E-state index contributed by atoms with van der Waals surface area (Å²) >= 11 is 20.4. The summed E-state index contributed by atoms with van der Waals surface area (Å²) in [5, 5.41) is 0. The number of rotatable bonds is 22. The van der Waals surface area contributed by atoms with Crippen molar-refractivity contribution in [2.45, 2.75) is 89.9 Å². The van der Waals surface area contributed by atoms with Crippen LogP contribution in [0.2, 0.25) is 0 Å². The summed E-state index contributed by atoms with van der Waals surface area (Å²) in [6, 6.07) is 1.56. The van der Waals surface area contributed by atoms with Crippen molar-refractivity contribution in [3.63, 3.8) is 0 Å². The molecule has 15 rings (SSSR count). The molecule has 0 aliphatic carbocycles. The normalized spacial score (nSPS) is 14.8. The van der Waals surface area contributed by atoms with Gasteiger partial charge in [0, 0.05) is 33.3 Å². The molecule has 8 aliphatic heterocycles. The Morgan fingerprint density at radius 2 is 0.457 bits per heavy atom. The number of thioether (sulfide) groups is 14. The van der Waals surface area contributed by atoms with Crippen molar-refractivity contribution >= 4 is 263 Å². The third-order valence-corrected chi connectivity index (χ3v) is 44.3. The number of aromatic nitrogens is 4. The highest BCUT2D eigenvalue weighted by Crippen LogP contribution is 2.67. The standard InChI is InChI=1S/C74H46F20N4S18/c1-7-15-99-63-64(100-16-8-2)112-72(111-63)69-105-57-51-23(25-31(75)39(83)47(91)40(84)32(25)76)21-13-14-22(95-21)24(26-33(77)41(85)48(92)42(86)34(26)78)52-58-60(108-70(106-58)73-113-65(101-17-9-3)66(114-73)102-18-10-4)54(97-52)30(28-37(81)45(89)50(94)46(90)38(28)82)56-62-61(109-71(110-62)74-115-67(103-19-11-5)68(116-74)104-20-12-6)55(98-56)29(53(96-51)59(57)107-69)27-35(79)43(87)49(93)44(88)36(27)80/h13-14,95,98H,7-12,15-20H2,1-6H3. The highest BCUT2D eigenvalue weighted by Gasteiger charge is 2.41. The summed E-state index contributed by atoms with van der Waals surface area (Å²) in [5.74, 6) is -48.9. The van der Waals surface area contributed by atoms with Crippen LogP contribution in [0.1, 0.15) is 80.1 Å². The lowest BCUT2D eigenvalue weighted by molar-refractivity contribution is 0.381. The van der Waals surface area contributed by atoms with Crippen LogP contribution in [0.4, 0.5) is 87.8 Å². The van der Waals surface area contributed by atoms with Crippen LogP contribution in [0, 0.1) is 134 Å². The van der Waals surface area contributed by atoms with Crippen molar-refractivity contribution in [3.8, 4) is 44.5 Å². The van der Waals surface area contributed by atoms with E-state index in [0.29, 0.717) is 155 Å². The Morgan fingerprint density at radius 1 is 0.250 bits per heavy atom. The smallest absolute Gasteiger partial charge is 0.200 e. The Balaban J connectivity index is 1.27. The summed E-state index contributed by atoms with van der Waals surface area (Å²) in [4.78, 5) is 14.3. The lowest BCUT2D eigenvalue weighted by Crippen LogP contribution is -2.05. The molecule has 610 valence electrons. The van der Waals surface area contributed by atoms with Crippen molar-refractivity contribution in [2.24, 2.45) is 0 Å². The van der Waals surface area contributed by atoms with Crippen molar-refractivity contribution in [2.75, 3.05) is 34.5 Å². The number of nitrogens with zero attached hydrogens (tertiary/aromatic N) is 2. The first-order chi connectivity index (χ1) is 55.6. The number of halogens is 20. The van der Waals surface area contributed by atoms with Crippen LogP contribution in [-0.2, 0) is 0 Å². The second-order valence-electron chi connectivity index (χ2n) is 24.8. The Kier molecular flexibility index (Phi) is 27.0. The highest BCUT2D eigenvalue weighted by molar-refractivity contribution is 8.47. The van der Waals surface area contributed by atoms with E-state index in [-0.39, 0.29) is 21.7 Å². The predicted octanol–water partition coefficient (Wildman–Crippen LogP) is 30.7. The molecule has 2 N–H and O–H groups in total. The predicted molar refractivity (Wildman–Crippen MR) is 458 cm³/mol. The van der Waals surface area contributed by atoms with Crippen LogP contribution in [0.25, 0.3) is 97.1 Å². The average Bonchev–Trinajstić information content (AvgIpc) is 1.54. The van der Waals surface area contributed by atoms with Crippen LogP contribution in [0.15, 0.2) is 55.8 Å². The molecule has 0 atom stereocenters. The van der Waals surface area contributed by atoms with Gasteiger partial charge in [0.1, 0.15) is 7.69 Å². The Labute approximate surface area is 720 Å². The number of benzene rings is 4. The molecule has 8 aliphatic rings. The van der Waals surface area contributed by atoms with Crippen LogP contribution >= 0.6 is 210 Å². The molecule has 8 bridgehead atoms. The molecule has 0 fully saturated rings. The zero-order chi connectivity index (χ0) is 82.6. The Morgan fingerprint density at radius 3 is 0.698 bits per heavy atom. The SMILES string of the molecule is CCCSC1=C(SCCC)SC(=C2Sc3c(c4[nH]c3c(-c3c(F)c(F)c(F)c(F)c3F)c3nc(c(-c5c(F)c(F)c(F)c(F)c5F)c5ccc([nH]5)c(-c5c(F)c(F)c(F)c(F)c5F)c5nc(c4-c4c(F)c(F)c(F)c(F)c4F)c4sc(=C6SC(SCCC)=C(SCCC)S6)sc5=4)c4sc(=C5SC(SCCC)=C(SCCC)S5)sc3=4)S2)S1. The third-order valence-electron chi connectivity index (χ3n) is 17.0. The second-order valence-corrected chi connectivity index (χ2v) is 46.8. The van der Waals surface area contributed by atoms with Crippen molar-refractivity contribution in [3.05, 3.63) is 188 Å². The first kappa shape index (κ1) is 87.2. The van der Waals surface area contributed by atoms with E-state index >= 15 is 87.8 Å². The van der Waals surface area contributed by atoms with Crippen LogP contribution < -0.4 is 7.69 Å². The second kappa shape index (κ2) is 35.9. The lowest BCUT2D eigenvalue weighted by Gasteiger charge is -2.12. The number of nitrogens with one attached hydrogen (secondary N) is 2. The molecule has 0 saturated carbocycles. The quantitative estimate of drug-likeness (QED) is 0.0384. The van der Waals surface area contributed by atoms with Gasteiger partial charge in [-0.1, -0.05) is 136 Å². The maximum atomic E-state index is 18.1. The largest absolute Gasteiger partial charge is 0.354 e. The molecule has 0 radical (unpaired) electrons. The van der Waals surface area contributed by atoms with Crippen molar-refractivity contribution in [1.82, 2.24) is 19.9 Å². The fourth-order valence-electron chi connectivity index (χ4n) is 12.0. The van der Waals surface area contributed by atoms with Crippen molar-refractivity contribution in [1.29, 1.82) is 0 Å². The van der Waals surface area contributed by atoms with E-state index in [0.717, 1.165) is 37.6 Å². The molecule has 0 amide bonds. The summed E-state index contributed by atoms with van der Waals surface area (Å²) in [6.07, 6.45) is 4.12. The summed E-state index contributed by atoms with van der Waals surface area (Å²) < 4.78 is 344. The molecule has 42 heteroatoms. The van der Waals surface area contributed by atoms with Crippen LogP contribution in [0.5, 0.6) is 0 Å². The van der Waals surface area contributed by atoms with Gasteiger partial charge in [-0.25, -0.2) is 97.8 Å². The van der Waals surface area contributed by atoms with Gasteiger partial charge >= 0.3 is 0 Å². The van der Waals surface area contributed by atoms with Crippen LogP contribution in [-0.4, -0.2) is 54.5 Å². The van der Waals surface area contributed by atoms with E-state index in [1.165, 1.54) is 141 Å². The zero-order valence-corrected chi connectivity index (χ0v) is 74.1. The fraction of sp³-hybridized carbons (Fsp3) is 0.243. The molecule has 0 unspecified atom stereocenters.